The summed E-state index contributed by atoms with van der Waals surface area (Å²) in [6, 6.07) is 8.11. The molecule has 0 atom stereocenters. The lowest BCUT2D eigenvalue weighted by Gasteiger charge is -2.23. The predicted octanol–water partition coefficient (Wildman–Crippen LogP) is 3.46. The standard InChI is InChI=1S/C16H27N3OS.HI/c1-5-17-16(18-11-8-12-21-4)19(2)13-14-9-6-7-10-15(14)20-3;/h6-7,9-10H,5,8,11-13H2,1-4H3,(H,17,18);1H. The van der Waals surface area contributed by atoms with Crippen molar-refractivity contribution in [3.05, 3.63) is 29.8 Å². The normalized spacial score (nSPS) is 10.8. The number of para-hydroxylation sites is 1. The van der Waals surface area contributed by atoms with Crippen molar-refractivity contribution in [2.24, 2.45) is 4.99 Å². The van der Waals surface area contributed by atoms with Gasteiger partial charge in [-0.2, -0.15) is 11.8 Å². The molecule has 1 aromatic rings. The van der Waals surface area contributed by atoms with Crippen molar-refractivity contribution >= 4 is 41.7 Å². The number of benzene rings is 1. The van der Waals surface area contributed by atoms with Crippen LogP contribution in [-0.4, -0.2) is 50.1 Å². The molecule has 0 aromatic heterocycles. The van der Waals surface area contributed by atoms with E-state index < -0.39 is 0 Å². The second-order valence-corrected chi connectivity index (χ2v) is 5.74. The maximum absolute atomic E-state index is 5.41. The topological polar surface area (TPSA) is 36.9 Å². The van der Waals surface area contributed by atoms with Crippen LogP contribution in [0.2, 0.25) is 0 Å². The number of nitrogens with one attached hydrogen (secondary N) is 1. The van der Waals surface area contributed by atoms with E-state index >= 15 is 0 Å². The lowest BCUT2D eigenvalue weighted by molar-refractivity contribution is 0.396. The molecule has 1 rings (SSSR count). The number of ether oxygens (including phenoxy) is 1. The van der Waals surface area contributed by atoms with Crippen molar-refractivity contribution in [1.82, 2.24) is 10.2 Å². The third kappa shape index (κ3) is 7.58. The molecule has 0 aliphatic rings. The Balaban J connectivity index is 0.00000441. The monoisotopic (exact) mass is 437 g/mol. The van der Waals surface area contributed by atoms with Crippen LogP contribution in [0.3, 0.4) is 0 Å². The van der Waals surface area contributed by atoms with Gasteiger partial charge in [-0.15, -0.1) is 24.0 Å². The third-order valence-corrected chi connectivity index (χ3v) is 3.76. The smallest absolute Gasteiger partial charge is 0.193 e. The second kappa shape index (κ2) is 12.9. The summed E-state index contributed by atoms with van der Waals surface area (Å²) >= 11 is 1.86. The molecule has 1 N–H and O–H groups in total. The first-order valence-electron chi connectivity index (χ1n) is 7.33. The molecule has 0 aliphatic heterocycles. The van der Waals surface area contributed by atoms with Gasteiger partial charge in [0.1, 0.15) is 5.75 Å². The molecule has 0 aliphatic carbocycles. The lowest BCUT2D eigenvalue weighted by atomic mass is 10.2. The Hall–Kier alpha value is -0.630. The Bertz CT molecular complexity index is 443. The van der Waals surface area contributed by atoms with Crippen LogP contribution < -0.4 is 10.1 Å². The molecule has 126 valence electrons. The highest BCUT2D eigenvalue weighted by Crippen LogP contribution is 2.18. The van der Waals surface area contributed by atoms with Gasteiger partial charge in [-0.25, -0.2) is 0 Å². The highest BCUT2D eigenvalue weighted by molar-refractivity contribution is 14.0. The van der Waals surface area contributed by atoms with Crippen LogP contribution in [0.4, 0.5) is 0 Å². The van der Waals surface area contributed by atoms with E-state index in [-0.39, 0.29) is 24.0 Å². The van der Waals surface area contributed by atoms with Crippen LogP contribution >= 0.6 is 35.7 Å². The van der Waals surface area contributed by atoms with Crippen molar-refractivity contribution in [3.63, 3.8) is 0 Å². The minimum Gasteiger partial charge on any atom is -0.496 e. The van der Waals surface area contributed by atoms with E-state index in [0.717, 1.165) is 49.1 Å². The fourth-order valence-electron chi connectivity index (χ4n) is 2.03. The zero-order valence-corrected chi connectivity index (χ0v) is 17.1. The SMILES string of the molecule is CCNC(=NCCCSC)N(C)Cc1ccccc1OC.I. The molecule has 6 heteroatoms. The summed E-state index contributed by atoms with van der Waals surface area (Å²) in [5.41, 5.74) is 1.16. The van der Waals surface area contributed by atoms with Crippen LogP contribution in [0.15, 0.2) is 29.3 Å². The number of hydrogen-bond acceptors (Lipinski definition) is 3. The summed E-state index contributed by atoms with van der Waals surface area (Å²) in [7, 11) is 3.77. The number of aliphatic imine (C=N–C) groups is 1. The zero-order valence-electron chi connectivity index (χ0n) is 14.0. The van der Waals surface area contributed by atoms with E-state index in [1.807, 2.05) is 30.0 Å². The van der Waals surface area contributed by atoms with Crippen LogP contribution in [0.25, 0.3) is 0 Å². The van der Waals surface area contributed by atoms with Gasteiger partial charge < -0.3 is 15.0 Å². The van der Waals surface area contributed by atoms with Crippen molar-refractivity contribution in [2.75, 3.05) is 39.3 Å². The van der Waals surface area contributed by atoms with Gasteiger partial charge in [0.25, 0.3) is 0 Å². The Kier molecular flexibility index (Phi) is 12.5. The average molecular weight is 437 g/mol. The van der Waals surface area contributed by atoms with E-state index in [1.165, 1.54) is 0 Å². The maximum atomic E-state index is 5.41. The van der Waals surface area contributed by atoms with E-state index in [2.05, 4.69) is 41.5 Å². The molecule has 0 heterocycles. The van der Waals surface area contributed by atoms with Crippen LogP contribution in [0.5, 0.6) is 5.75 Å². The minimum absolute atomic E-state index is 0. The second-order valence-electron chi connectivity index (χ2n) is 4.75. The molecule has 22 heavy (non-hydrogen) atoms. The molecule has 0 bridgehead atoms. The van der Waals surface area contributed by atoms with Crippen molar-refractivity contribution in [1.29, 1.82) is 0 Å². The largest absolute Gasteiger partial charge is 0.496 e. The first-order chi connectivity index (χ1) is 10.2. The molecule has 0 fully saturated rings. The lowest BCUT2D eigenvalue weighted by Crippen LogP contribution is -2.38. The number of nitrogens with zero attached hydrogens (tertiary/aromatic N) is 2. The number of guanidine groups is 1. The first-order valence-corrected chi connectivity index (χ1v) is 8.72. The van der Waals surface area contributed by atoms with Gasteiger partial charge >= 0.3 is 0 Å². The maximum Gasteiger partial charge on any atom is 0.193 e. The number of rotatable bonds is 8. The molecule has 0 spiro atoms. The molecule has 0 unspecified atom stereocenters. The van der Waals surface area contributed by atoms with Gasteiger partial charge in [-0.1, -0.05) is 18.2 Å². The predicted molar refractivity (Wildman–Crippen MR) is 109 cm³/mol. The summed E-state index contributed by atoms with van der Waals surface area (Å²) in [6.07, 6.45) is 3.24. The van der Waals surface area contributed by atoms with E-state index in [4.69, 9.17) is 4.74 Å². The Morgan fingerprint density at radius 2 is 2.09 bits per heavy atom. The van der Waals surface area contributed by atoms with Crippen molar-refractivity contribution in [3.8, 4) is 5.75 Å². The average Bonchev–Trinajstić information content (AvgIpc) is 2.51. The first kappa shape index (κ1) is 21.4. The molecular weight excluding hydrogens is 409 g/mol. The van der Waals surface area contributed by atoms with E-state index in [9.17, 15) is 0 Å². The van der Waals surface area contributed by atoms with Crippen molar-refractivity contribution in [2.45, 2.75) is 19.9 Å². The van der Waals surface area contributed by atoms with E-state index in [1.54, 1.807) is 7.11 Å². The highest BCUT2D eigenvalue weighted by atomic mass is 127. The summed E-state index contributed by atoms with van der Waals surface area (Å²) in [5.74, 6) is 3.02. The number of thioether (sulfide) groups is 1. The van der Waals surface area contributed by atoms with Crippen molar-refractivity contribution < 1.29 is 4.74 Å². The molecule has 1 aromatic carbocycles. The number of hydrogen-bond donors (Lipinski definition) is 1. The van der Waals surface area contributed by atoms with Gasteiger partial charge in [0, 0.05) is 32.2 Å². The summed E-state index contributed by atoms with van der Waals surface area (Å²) in [5, 5.41) is 3.35. The van der Waals surface area contributed by atoms with Gasteiger partial charge in [-0.05, 0) is 31.4 Å². The fourth-order valence-corrected chi connectivity index (χ4v) is 2.45. The molecule has 0 saturated carbocycles. The summed E-state index contributed by atoms with van der Waals surface area (Å²) in [4.78, 5) is 6.82. The molecular formula is C16H28IN3OS. The quantitative estimate of drug-likeness (QED) is 0.293. The van der Waals surface area contributed by atoms with Crippen LogP contribution in [-0.2, 0) is 6.54 Å². The highest BCUT2D eigenvalue weighted by Gasteiger charge is 2.09. The third-order valence-electron chi connectivity index (χ3n) is 3.06. The summed E-state index contributed by atoms with van der Waals surface area (Å²) in [6.45, 7) is 4.60. The van der Waals surface area contributed by atoms with Gasteiger partial charge in [0.05, 0.1) is 7.11 Å². The molecule has 0 radical (unpaired) electrons. The van der Waals surface area contributed by atoms with Gasteiger partial charge in [-0.3, -0.25) is 4.99 Å². The number of halogens is 1. The van der Waals surface area contributed by atoms with Crippen LogP contribution in [0.1, 0.15) is 18.9 Å². The Morgan fingerprint density at radius 3 is 2.73 bits per heavy atom. The molecule has 4 nitrogen and oxygen atoms in total. The minimum atomic E-state index is 0. The van der Waals surface area contributed by atoms with Gasteiger partial charge in [0.15, 0.2) is 5.96 Å². The van der Waals surface area contributed by atoms with Crippen LogP contribution in [0, 0.1) is 0 Å². The van der Waals surface area contributed by atoms with E-state index in [0.29, 0.717) is 0 Å². The number of methoxy groups -OCH3 is 1. The van der Waals surface area contributed by atoms with Gasteiger partial charge in [0.2, 0.25) is 0 Å². The molecule has 0 amide bonds. The molecule has 0 saturated heterocycles. The Labute approximate surface area is 156 Å². The fraction of sp³-hybridized carbons (Fsp3) is 0.562. The zero-order chi connectivity index (χ0) is 15.5. The summed E-state index contributed by atoms with van der Waals surface area (Å²) < 4.78 is 5.41. The Morgan fingerprint density at radius 1 is 1.36 bits per heavy atom.